The lowest BCUT2D eigenvalue weighted by Crippen LogP contribution is -3.00. The number of fused-ring (bicyclic) bond motifs is 8. The first kappa shape index (κ1) is 28.5. The smallest absolute Gasteiger partial charge is 0.290 e. The molecule has 9 aromatic rings. The van der Waals surface area contributed by atoms with Gasteiger partial charge in [0.2, 0.25) is 0 Å². The lowest BCUT2D eigenvalue weighted by atomic mass is 9.99. The second-order valence-electron chi connectivity index (χ2n) is 12.0. The average Bonchev–Trinajstić information content (AvgIpc) is 3.42. The first-order valence-electron chi connectivity index (χ1n) is 15.7. The summed E-state index contributed by atoms with van der Waals surface area (Å²) in [5.74, 6) is 1.22. The van der Waals surface area contributed by atoms with Crippen molar-refractivity contribution >= 4 is 54.1 Å². The van der Waals surface area contributed by atoms with Crippen LogP contribution in [0.3, 0.4) is 0 Å². The summed E-state index contributed by atoms with van der Waals surface area (Å²) in [5, 5.41) is 10.2. The van der Waals surface area contributed by atoms with E-state index in [1.807, 2.05) is 0 Å². The van der Waals surface area contributed by atoms with Gasteiger partial charge in [-0.3, -0.25) is 0 Å². The number of nitrogens with zero attached hydrogens (tertiary/aromatic N) is 2. The van der Waals surface area contributed by atoms with Gasteiger partial charge in [-0.05, 0) is 79.8 Å². The minimum atomic E-state index is 0. The monoisotopic (exact) mass is 702 g/mol. The molecule has 0 saturated heterocycles. The number of imidazole rings is 1. The van der Waals surface area contributed by atoms with Crippen molar-refractivity contribution in [1.82, 2.24) is 4.57 Å². The maximum Gasteiger partial charge on any atom is 0.290 e. The van der Waals surface area contributed by atoms with E-state index in [2.05, 4.69) is 173 Å². The molecule has 9 rings (SSSR count). The van der Waals surface area contributed by atoms with Crippen LogP contribution in [-0.4, -0.2) is 4.57 Å². The van der Waals surface area contributed by atoms with Gasteiger partial charge >= 0.3 is 0 Å². The summed E-state index contributed by atoms with van der Waals surface area (Å²) in [6, 6.07) is 59.9. The number of hydrogen-bond acceptors (Lipinski definition) is 0. The number of hydrogen-bond donors (Lipinski definition) is 0. The number of aromatic nitrogens is 2. The zero-order valence-corrected chi connectivity index (χ0v) is 27.4. The maximum absolute atomic E-state index is 2.57. The Kier molecular flexibility index (Phi) is 7.26. The van der Waals surface area contributed by atoms with Gasteiger partial charge in [-0.2, -0.15) is 0 Å². The van der Waals surface area contributed by atoms with Crippen LogP contribution >= 0.6 is 0 Å². The van der Waals surface area contributed by atoms with E-state index in [0.717, 1.165) is 13.1 Å². The van der Waals surface area contributed by atoms with E-state index in [-0.39, 0.29) is 24.0 Å². The summed E-state index contributed by atoms with van der Waals surface area (Å²) >= 11 is 0. The van der Waals surface area contributed by atoms with Gasteiger partial charge in [-0.15, -0.1) is 0 Å². The summed E-state index contributed by atoms with van der Waals surface area (Å²) in [7, 11) is 0. The predicted octanol–water partition coefficient (Wildman–Crippen LogP) is 7.31. The maximum atomic E-state index is 2.57. The molecule has 0 spiro atoms. The molecule has 0 atom stereocenters. The Bertz CT molecular complexity index is 2390. The fraction of sp³-hybridized carbons (Fsp3) is 0.0465. The Labute approximate surface area is 285 Å². The standard InChI is InChI=1S/C43H31N2.HI/c1-2-14-34(15-3-1)43-44(28-30-22-24-32-12-4-6-16-35(32)26-30)41-39-20-10-8-18-37(39)38-19-9-11-21-40(38)42(41)45(43)29-31-23-25-33-13-5-7-17-36(33)27-31;/h1-27H,28-29H2;1H/q+1;/p-1. The van der Waals surface area contributed by atoms with Crippen molar-refractivity contribution < 1.29 is 28.5 Å². The third-order valence-electron chi connectivity index (χ3n) is 9.27. The molecule has 0 radical (unpaired) electrons. The highest BCUT2D eigenvalue weighted by molar-refractivity contribution is 6.22. The van der Waals surface area contributed by atoms with E-state index < -0.39 is 0 Å². The predicted molar refractivity (Wildman–Crippen MR) is 189 cm³/mol. The Morgan fingerprint density at radius 1 is 0.435 bits per heavy atom. The highest BCUT2D eigenvalue weighted by atomic mass is 127. The quantitative estimate of drug-likeness (QED) is 0.101. The van der Waals surface area contributed by atoms with Crippen molar-refractivity contribution in [2.45, 2.75) is 13.1 Å². The lowest BCUT2D eigenvalue weighted by molar-refractivity contribution is -0.651. The van der Waals surface area contributed by atoms with Crippen molar-refractivity contribution in [1.29, 1.82) is 0 Å². The molecule has 1 aromatic heterocycles. The summed E-state index contributed by atoms with van der Waals surface area (Å²) in [6.07, 6.45) is 0. The topological polar surface area (TPSA) is 8.81 Å². The number of benzene rings is 8. The fourth-order valence-electron chi connectivity index (χ4n) is 7.25. The molecule has 2 nitrogen and oxygen atoms in total. The van der Waals surface area contributed by atoms with Crippen molar-refractivity contribution in [3.05, 3.63) is 175 Å². The van der Waals surface area contributed by atoms with Crippen LogP contribution < -0.4 is 28.5 Å². The number of halogens is 1. The minimum Gasteiger partial charge on any atom is -1.00 e. The Morgan fingerprint density at radius 2 is 0.935 bits per heavy atom. The van der Waals surface area contributed by atoms with Gasteiger partial charge in [0.25, 0.3) is 5.82 Å². The normalized spacial score (nSPS) is 11.5. The van der Waals surface area contributed by atoms with Gasteiger partial charge in [0.15, 0.2) is 11.0 Å². The van der Waals surface area contributed by atoms with Crippen LogP contribution in [-0.2, 0) is 13.1 Å². The zero-order valence-electron chi connectivity index (χ0n) is 25.3. The SMILES string of the molecule is [I-].c1ccc(-c2n(Cc3ccc4ccccc4c3)c3c4ccccc4c4ccccc4c3[n+]2Cc2ccc3ccccc3c2)cc1. The molecule has 0 unspecified atom stereocenters. The summed E-state index contributed by atoms with van der Waals surface area (Å²) in [4.78, 5) is 0. The molecule has 0 aliphatic heterocycles. The summed E-state index contributed by atoms with van der Waals surface area (Å²) in [5.41, 5.74) is 6.34. The molecule has 0 fully saturated rings. The lowest BCUT2D eigenvalue weighted by Gasteiger charge is -2.08. The molecule has 220 valence electrons. The van der Waals surface area contributed by atoms with E-state index in [1.54, 1.807) is 0 Å². The Balaban J connectivity index is 0.00000312. The van der Waals surface area contributed by atoms with Gasteiger partial charge in [-0.1, -0.05) is 127 Å². The molecule has 3 heteroatoms. The molecular weight excluding hydrogens is 671 g/mol. The molecule has 0 aliphatic rings. The molecule has 0 N–H and O–H groups in total. The first-order valence-corrected chi connectivity index (χ1v) is 15.7. The largest absolute Gasteiger partial charge is 1.00 e. The van der Waals surface area contributed by atoms with Crippen molar-refractivity contribution in [3.63, 3.8) is 0 Å². The van der Waals surface area contributed by atoms with Gasteiger partial charge in [0.1, 0.15) is 13.1 Å². The van der Waals surface area contributed by atoms with Gasteiger partial charge in [0, 0.05) is 10.8 Å². The van der Waals surface area contributed by atoms with E-state index in [1.165, 1.54) is 76.6 Å². The molecule has 8 aromatic carbocycles. The number of rotatable bonds is 5. The van der Waals surface area contributed by atoms with Crippen LogP contribution in [0.2, 0.25) is 0 Å². The fourth-order valence-corrected chi connectivity index (χ4v) is 7.25. The Morgan fingerprint density at radius 3 is 1.61 bits per heavy atom. The molecule has 1 heterocycles. The second-order valence-corrected chi connectivity index (χ2v) is 12.0. The van der Waals surface area contributed by atoms with E-state index in [9.17, 15) is 0 Å². The van der Waals surface area contributed by atoms with Crippen LogP contribution in [0.15, 0.2) is 164 Å². The van der Waals surface area contributed by atoms with Gasteiger partial charge < -0.3 is 24.0 Å². The molecule has 0 aliphatic carbocycles. The molecule has 0 amide bonds. The van der Waals surface area contributed by atoms with Gasteiger partial charge in [-0.25, -0.2) is 9.13 Å². The average molecular weight is 703 g/mol. The van der Waals surface area contributed by atoms with Crippen molar-refractivity contribution in [2.24, 2.45) is 0 Å². The minimum absolute atomic E-state index is 0. The van der Waals surface area contributed by atoms with E-state index >= 15 is 0 Å². The highest BCUT2D eigenvalue weighted by Crippen LogP contribution is 2.37. The molecule has 46 heavy (non-hydrogen) atoms. The third-order valence-corrected chi connectivity index (χ3v) is 9.27. The van der Waals surface area contributed by atoms with Crippen LogP contribution in [0.5, 0.6) is 0 Å². The van der Waals surface area contributed by atoms with Crippen LogP contribution in [0.1, 0.15) is 11.1 Å². The zero-order chi connectivity index (χ0) is 29.7. The molecule has 0 bridgehead atoms. The third kappa shape index (κ3) is 4.74. The summed E-state index contributed by atoms with van der Waals surface area (Å²) < 4.78 is 5.15. The van der Waals surface area contributed by atoms with Crippen molar-refractivity contribution in [3.8, 4) is 11.4 Å². The molecule has 0 saturated carbocycles. The highest BCUT2D eigenvalue weighted by Gasteiger charge is 2.30. The van der Waals surface area contributed by atoms with Crippen LogP contribution in [0.4, 0.5) is 0 Å². The molecular formula is C43H31IN2. The Hall–Kier alpha value is -5.00. The second kappa shape index (κ2) is 11.7. The van der Waals surface area contributed by atoms with Gasteiger partial charge in [0.05, 0.1) is 5.56 Å². The van der Waals surface area contributed by atoms with E-state index in [4.69, 9.17) is 0 Å². The van der Waals surface area contributed by atoms with Crippen molar-refractivity contribution in [2.75, 3.05) is 0 Å². The summed E-state index contributed by atoms with van der Waals surface area (Å²) in [6.45, 7) is 1.53. The van der Waals surface area contributed by atoms with Crippen LogP contribution in [0.25, 0.3) is 65.5 Å². The van der Waals surface area contributed by atoms with E-state index in [0.29, 0.717) is 0 Å². The first-order chi connectivity index (χ1) is 22.3. The van der Waals surface area contributed by atoms with Crippen LogP contribution in [0, 0.1) is 0 Å².